The van der Waals surface area contributed by atoms with E-state index in [1.165, 1.54) is 0 Å². The lowest BCUT2D eigenvalue weighted by atomic mass is 10.1. The second-order valence-corrected chi connectivity index (χ2v) is 6.75. The Morgan fingerprint density at radius 1 is 1.32 bits per heavy atom. The third-order valence-electron chi connectivity index (χ3n) is 3.15. The number of sulfonamides is 1. The minimum atomic E-state index is -3.44. The van der Waals surface area contributed by atoms with Crippen LogP contribution in [0.1, 0.15) is 45.1 Å². The van der Waals surface area contributed by atoms with Crippen LogP contribution in [0, 0.1) is 6.92 Å². The van der Waals surface area contributed by atoms with Gasteiger partial charge >= 0.3 is 0 Å². The number of anilines is 1. The summed E-state index contributed by atoms with van der Waals surface area (Å²) in [6.45, 7) is 5.84. The number of unbranched alkanes of at least 4 members (excludes halogenated alkanes) is 2. The number of benzene rings is 1. The molecule has 1 aromatic carbocycles. The van der Waals surface area contributed by atoms with E-state index in [1.54, 1.807) is 25.1 Å². The van der Waals surface area contributed by atoms with Crippen molar-refractivity contribution in [2.75, 3.05) is 5.73 Å². The molecule has 0 saturated carbocycles. The molecule has 0 aliphatic carbocycles. The largest absolute Gasteiger partial charge is 0.399 e. The van der Waals surface area contributed by atoms with E-state index in [0.717, 1.165) is 31.2 Å². The summed E-state index contributed by atoms with van der Waals surface area (Å²) in [5.74, 6) is 0. The highest BCUT2D eigenvalue weighted by atomic mass is 32.2. The predicted octanol–water partition coefficient (Wildman–Crippen LogP) is 2.82. The zero-order valence-electron chi connectivity index (χ0n) is 11.9. The van der Waals surface area contributed by atoms with E-state index in [1.807, 2.05) is 6.92 Å². The molecule has 0 bridgehead atoms. The van der Waals surface area contributed by atoms with Crippen LogP contribution in [0.15, 0.2) is 23.1 Å². The normalized spacial score (nSPS) is 13.4. The summed E-state index contributed by atoms with van der Waals surface area (Å²) in [6.07, 6.45) is 4.17. The highest BCUT2D eigenvalue weighted by Gasteiger charge is 2.17. The maximum absolute atomic E-state index is 12.2. The van der Waals surface area contributed by atoms with Gasteiger partial charge in [-0.1, -0.05) is 26.2 Å². The van der Waals surface area contributed by atoms with Crippen LogP contribution in [-0.4, -0.2) is 14.5 Å². The second kappa shape index (κ2) is 6.91. The molecule has 0 aliphatic heterocycles. The van der Waals surface area contributed by atoms with Gasteiger partial charge in [0.2, 0.25) is 10.0 Å². The van der Waals surface area contributed by atoms with Crippen molar-refractivity contribution in [2.24, 2.45) is 0 Å². The lowest BCUT2D eigenvalue weighted by molar-refractivity contribution is 0.527. The molecule has 108 valence electrons. The standard InChI is InChI=1S/C14H24N2O2S/c1-4-5-6-7-12(3)16-19(17,18)13-8-9-14(15)11(2)10-13/h8-10,12,16H,4-7,15H2,1-3H3. The second-order valence-electron chi connectivity index (χ2n) is 5.04. The van der Waals surface area contributed by atoms with Crippen LogP contribution < -0.4 is 10.5 Å². The number of nitrogen functional groups attached to an aromatic ring is 1. The maximum atomic E-state index is 12.2. The Hall–Kier alpha value is -1.07. The fourth-order valence-corrected chi connectivity index (χ4v) is 3.27. The van der Waals surface area contributed by atoms with Crippen LogP contribution in [0.3, 0.4) is 0 Å². The van der Waals surface area contributed by atoms with Gasteiger partial charge in [0.1, 0.15) is 0 Å². The third kappa shape index (κ3) is 4.84. The van der Waals surface area contributed by atoms with Crippen molar-refractivity contribution in [3.8, 4) is 0 Å². The molecule has 19 heavy (non-hydrogen) atoms. The van der Waals surface area contributed by atoms with Crippen molar-refractivity contribution in [1.82, 2.24) is 4.72 Å². The van der Waals surface area contributed by atoms with Crippen molar-refractivity contribution in [3.63, 3.8) is 0 Å². The first-order chi connectivity index (χ1) is 8.86. The van der Waals surface area contributed by atoms with Crippen molar-refractivity contribution < 1.29 is 8.42 Å². The first-order valence-electron chi connectivity index (χ1n) is 6.75. The third-order valence-corrected chi connectivity index (χ3v) is 4.74. The first kappa shape index (κ1) is 16.0. The number of hydrogen-bond donors (Lipinski definition) is 2. The number of rotatable bonds is 7. The monoisotopic (exact) mass is 284 g/mol. The summed E-state index contributed by atoms with van der Waals surface area (Å²) in [5.41, 5.74) is 7.08. The van der Waals surface area contributed by atoms with E-state index < -0.39 is 10.0 Å². The van der Waals surface area contributed by atoms with Crippen LogP contribution in [0.4, 0.5) is 5.69 Å². The van der Waals surface area contributed by atoms with E-state index in [-0.39, 0.29) is 10.9 Å². The molecule has 1 rings (SSSR count). The maximum Gasteiger partial charge on any atom is 0.240 e. The average Bonchev–Trinajstić information content (AvgIpc) is 2.32. The summed E-state index contributed by atoms with van der Waals surface area (Å²) in [5, 5.41) is 0. The Balaban J connectivity index is 2.72. The van der Waals surface area contributed by atoms with Crippen molar-refractivity contribution in [1.29, 1.82) is 0 Å². The summed E-state index contributed by atoms with van der Waals surface area (Å²) >= 11 is 0. The summed E-state index contributed by atoms with van der Waals surface area (Å²) < 4.78 is 27.1. The van der Waals surface area contributed by atoms with Gasteiger partial charge in [0.05, 0.1) is 4.90 Å². The minimum absolute atomic E-state index is 0.0468. The molecule has 0 aliphatic rings. The highest BCUT2D eigenvalue weighted by molar-refractivity contribution is 7.89. The smallest absolute Gasteiger partial charge is 0.240 e. The van der Waals surface area contributed by atoms with E-state index in [2.05, 4.69) is 11.6 Å². The Labute approximate surface area is 116 Å². The highest BCUT2D eigenvalue weighted by Crippen LogP contribution is 2.17. The van der Waals surface area contributed by atoms with E-state index in [9.17, 15) is 8.42 Å². The van der Waals surface area contributed by atoms with E-state index in [4.69, 9.17) is 5.73 Å². The predicted molar refractivity (Wildman–Crippen MR) is 79.5 cm³/mol. The molecule has 0 radical (unpaired) electrons. The summed E-state index contributed by atoms with van der Waals surface area (Å²) in [7, 11) is -3.44. The van der Waals surface area contributed by atoms with Crippen molar-refractivity contribution in [2.45, 2.75) is 57.4 Å². The molecule has 0 saturated heterocycles. The lowest BCUT2D eigenvalue weighted by Crippen LogP contribution is -2.32. The van der Waals surface area contributed by atoms with Crippen LogP contribution in [0.2, 0.25) is 0 Å². The minimum Gasteiger partial charge on any atom is -0.399 e. The van der Waals surface area contributed by atoms with Crippen LogP contribution in [0.5, 0.6) is 0 Å². The molecule has 0 amide bonds. The van der Waals surface area contributed by atoms with Gasteiger partial charge in [0, 0.05) is 11.7 Å². The van der Waals surface area contributed by atoms with Gasteiger partial charge in [0.25, 0.3) is 0 Å². The molecule has 1 aromatic rings. The van der Waals surface area contributed by atoms with Gasteiger partial charge in [-0.3, -0.25) is 0 Å². The molecule has 4 nitrogen and oxygen atoms in total. The molecule has 3 N–H and O–H groups in total. The number of aryl methyl sites for hydroxylation is 1. The quantitative estimate of drug-likeness (QED) is 0.597. The topological polar surface area (TPSA) is 72.2 Å². The Morgan fingerprint density at radius 3 is 2.58 bits per heavy atom. The summed E-state index contributed by atoms with van der Waals surface area (Å²) in [4.78, 5) is 0.279. The van der Waals surface area contributed by atoms with Crippen LogP contribution >= 0.6 is 0 Å². The van der Waals surface area contributed by atoms with Gasteiger partial charge in [-0.15, -0.1) is 0 Å². The van der Waals surface area contributed by atoms with Gasteiger partial charge in [-0.25, -0.2) is 13.1 Å². The van der Waals surface area contributed by atoms with Crippen molar-refractivity contribution >= 4 is 15.7 Å². The fourth-order valence-electron chi connectivity index (χ4n) is 1.91. The molecule has 0 spiro atoms. The molecule has 0 fully saturated rings. The molecular weight excluding hydrogens is 260 g/mol. The molecule has 5 heteroatoms. The lowest BCUT2D eigenvalue weighted by Gasteiger charge is -2.14. The molecule has 1 atom stereocenters. The molecule has 0 aromatic heterocycles. The SMILES string of the molecule is CCCCCC(C)NS(=O)(=O)c1ccc(N)c(C)c1. The number of nitrogens with one attached hydrogen (secondary N) is 1. The first-order valence-corrected chi connectivity index (χ1v) is 8.23. The van der Waals surface area contributed by atoms with Gasteiger partial charge in [0.15, 0.2) is 0 Å². The Bertz CT molecular complexity index is 512. The number of nitrogens with two attached hydrogens (primary N) is 1. The van der Waals surface area contributed by atoms with Crippen molar-refractivity contribution in [3.05, 3.63) is 23.8 Å². The molecule has 1 unspecified atom stereocenters. The van der Waals surface area contributed by atoms with E-state index in [0.29, 0.717) is 5.69 Å². The fraction of sp³-hybridized carbons (Fsp3) is 0.571. The average molecular weight is 284 g/mol. The van der Waals surface area contributed by atoms with E-state index >= 15 is 0 Å². The Kier molecular flexibility index (Phi) is 5.82. The van der Waals surface area contributed by atoms with Gasteiger partial charge < -0.3 is 5.73 Å². The zero-order chi connectivity index (χ0) is 14.5. The van der Waals surface area contributed by atoms with Gasteiger partial charge in [-0.2, -0.15) is 0 Å². The van der Waals surface area contributed by atoms with Gasteiger partial charge in [-0.05, 0) is 44.0 Å². The molecule has 0 heterocycles. The summed E-state index contributed by atoms with van der Waals surface area (Å²) in [6, 6.07) is 4.74. The zero-order valence-corrected chi connectivity index (χ0v) is 12.8. The number of hydrogen-bond acceptors (Lipinski definition) is 3. The molecular formula is C14H24N2O2S. The van der Waals surface area contributed by atoms with Crippen LogP contribution in [-0.2, 0) is 10.0 Å². The Morgan fingerprint density at radius 2 is 2.00 bits per heavy atom. The van der Waals surface area contributed by atoms with Crippen LogP contribution in [0.25, 0.3) is 0 Å².